The molecule has 1 heterocycles. The summed E-state index contributed by atoms with van der Waals surface area (Å²) in [7, 11) is 4.14. The molecule has 1 aliphatic rings. The van der Waals surface area contributed by atoms with Crippen molar-refractivity contribution in [1.82, 2.24) is 15.1 Å². The number of aliphatic carboxylic acids is 1. The Morgan fingerprint density at radius 1 is 1.65 bits per heavy atom. The van der Waals surface area contributed by atoms with E-state index in [2.05, 4.69) is 22.2 Å². The molecule has 0 aromatic rings. The number of rotatable bonds is 7. The van der Waals surface area contributed by atoms with Crippen LogP contribution in [0.15, 0.2) is 0 Å². The second kappa shape index (κ2) is 6.93. The van der Waals surface area contributed by atoms with Gasteiger partial charge in [0.15, 0.2) is 0 Å². The maximum absolute atomic E-state index is 11.0. The Morgan fingerprint density at radius 3 is 2.82 bits per heavy atom. The third-order valence-corrected chi connectivity index (χ3v) is 3.30. The van der Waals surface area contributed by atoms with Crippen molar-refractivity contribution >= 4 is 5.97 Å². The second-order valence-corrected chi connectivity index (χ2v) is 5.09. The summed E-state index contributed by atoms with van der Waals surface area (Å²) in [4.78, 5) is 15.5. The molecule has 0 aromatic heterocycles. The minimum Gasteiger partial charge on any atom is -0.480 e. The van der Waals surface area contributed by atoms with Gasteiger partial charge in [0.2, 0.25) is 0 Å². The van der Waals surface area contributed by atoms with Gasteiger partial charge in [-0.3, -0.25) is 4.79 Å². The maximum atomic E-state index is 11.0. The minimum absolute atomic E-state index is 0.455. The van der Waals surface area contributed by atoms with E-state index >= 15 is 0 Å². The summed E-state index contributed by atoms with van der Waals surface area (Å²) in [5, 5.41) is 12.1. The quantitative estimate of drug-likeness (QED) is 0.656. The van der Waals surface area contributed by atoms with E-state index in [1.807, 2.05) is 14.0 Å². The summed E-state index contributed by atoms with van der Waals surface area (Å²) in [5.74, 6) is -0.0803. The Labute approximate surface area is 104 Å². The summed E-state index contributed by atoms with van der Waals surface area (Å²) in [6, 6.07) is -0.455. The number of carboxylic acid groups (broad SMARTS) is 1. The Balaban J connectivity index is 2.31. The van der Waals surface area contributed by atoms with Crippen LogP contribution in [0.5, 0.6) is 0 Å². The van der Waals surface area contributed by atoms with E-state index in [1.165, 1.54) is 6.42 Å². The van der Waals surface area contributed by atoms with Gasteiger partial charge in [0.1, 0.15) is 6.04 Å². The van der Waals surface area contributed by atoms with E-state index in [0.29, 0.717) is 19.0 Å². The fraction of sp³-hybridized carbons (Fsp3) is 0.917. The molecule has 0 aliphatic carbocycles. The van der Waals surface area contributed by atoms with Crippen LogP contribution in [0, 0.1) is 5.92 Å². The molecule has 5 heteroatoms. The van der Waals surface area contributed by atoms with Crippen molar-refractivity contribution in [2.45, 2.75) is 19.4 Å². The zero-order valence-electron chi connectivity index (χ0n) is 11.1. The molecule has 2 N–H and O–H groups in total. The molecule has 0 bridgehead atoms. The molecule has 1 rings (SSSR count). The lowest BCUT2D eigenvalue weighted by Gasteiger charge is -2.24. The van der Waals surface area contributed by atoms with Gasteiger partial charge < -0.3 is 20.2 Å². The smallest absolute Gasteiger partial charge is 0.322 e. The molecule has 5 nitrogen and oxygen atoms in total. The van der Waals surface area contributed by atoms with Gasteiger partial charge in [-0.2, -0.15) is 0 Å². The third-order valence-electron chi connectivity index (χ3n) is 3.30. The molecule has 1 aliphatic heterocycles. The summed E-state index contributed by atoms with van der Waals surface area (Å²) in [5.41, 5.74) is 0. The molecule has 2 unspecified atom stereocenters. The van der Waals surface area contributed by atoms with Crippen molar-refractivity contribution in [3.63, 3.8) is 0 Å². The molecule has 0 spiro atoms. The van der Waals surface area contributed by atoms with Crippen LogP contribution in [-0.4, -0.2) is 73.7 Å². The second-order valence-electron chi connectivity index (χ2n) is 5.09. The monoisotopic (exact) mass is 243 g/mol. The van der Waals surface area contributed by atoms with Crippen LogP contribution < -0.4 is 5.32 Å². The topological polar surface area (TPSA) is 55.8 Å². The summed E-state index contributed by atoms with van der Waals surface area (Å²) >= 11 is 0. The molecule has 17 heavy (non-hydrogen) atoms. The van der Waals surface area contributed by atoms with E-state index in [1.54, 1.807) is 0 Å². The molecular weight excluding hydrogens is 218 g/mol. The fourth-order valence-electron chi connectivity index (χ4n) is 2.48. The largest absolute Gasteiger partial charge is 0.480 e. The van der Waals surface area contributed by atoms with Gasteiger partial charge in [0.25, 0.3) is 0 Å². The molecule has 0 saturated carbocycles. The highest BCUT2D eigenvalue weighted by atomic mass is 16.4. The normalized spacial score (nSPS) is 23.2. The zero-order chi connectivity index (χ0) is 12.8. The first-order valence-corrected chi connectivity index (χ1v) is 6.36. The fourth-order valence-corrected chi connectivity index (χ4v) is 2.48. The lowest BCUT2D eigenvalue weighted by atomic mass is 10.1. The molecule has 1 saturated heterocycles. The van der Waals surface area contributed by atoms with Gasteiger partial charge in [0, 0.05) is 19.6 Å². The molecule has 0 amide bonds. The van der Waals surface area contributed by atoms with Crippen molar-refractivity contribution < 1.29 is 9.90 Å². The summed E-state index contributed by atoms with van der Waals surface area (Å²) in [6.07, 6.45) is 1.22. The maximum Gasteiger partial charge on any atom is 0.322 e. The first-order chi connectivity index (χ1) is 8.02. The van der Waals surface area contributed by atoms with E-state index in [4.69, 9.17) is 5.11 Å². The zero-order valence-corrected chi connectivity index (χ0v) is 11.1. The van der Waals surface area contributed by atoms with Crippen molar-refractivity contribution in [3.8, 4) is 0 Å². The van der Waals surface area contributed by atoms with Crippen LogP contribution in [0.4, 0.5) is 0 Å². The van der Waals surface area contributed by atoms with Crippen molar-refractivity contribution in [2.24, 2.45) is 5.92 Å². The highest BCUT2D eigenvalue weighted by Gasteiger charge is 2.23. The predicted octanol–water partition coefficient (Wildman–Crippen LogP) is -0.0674. The Hall–Kier alpha value is -0.650. The number of likely N-dealkylation sites (tertiary alicyclic amines) is 1. The number of likely N-dealkylation sites (N-methyl/N-ethyl adjacent to an activating group) is 2. The van der Waals surface area contributed by atoms with Crippen LogP contribution in [0.1, 0.15) is 13.3 Å². The van der Waals surface area contributed by atoms with E-state index in [9.17, 15) is 4.79 Å². The number of nitrogens with one attached hydrogen (secondary N) is 1. The first-order valence-electron chi connectivity index (χ1n) is 6.36. The Kier molecular flexibility index (Phi) is 5.88. The highest BCUT2D eigenvalue weighted by molar-refractivity contribution is 5.73. The average Bonchev–Trinajstić information content (AvgIpc) is 2.63. The van der Waals surface area contributed by atoms with E-state index < -0.39 is 12.0 Å². The lowest BCUT2D eigenvalue weighted by molar-refractivity contribution is -0.139. The molecule has 0 aromatic carbocycles. The first kappa shape index (κ1) is 14.4. The summed E-state index contributed by atoms with van der Waals surface area (Å²) in [6.45, 7) is 6.47. The minimum atomic E-state index is -0.762. The number of hydrogen-bond donors (Lipinski definition) is 2. The highest BCUT2D eigenvalue weighted by Crippen LogP contribution is 2.15. The van der Waals surface area contributed by atoms with Crippen LogP contribution in [0.25, 0.3) is 0 Å². The number of carbonyl (C=O) groups is 1. The SMILES string of the molecule is CCNC(CN(C)CC1CCN(C)C1)C(=O)O. The van der Waals surface area contributed by atoms with Crippen LogP contribution in [0.2, 0.25) is 0 Å². The number of carboxylic acids is 1. The van der Waals surface area contributed by atoms with Crippen molar-refractivity contribution in [2.75, 3.05) is 46.8 Å². The van der Waals surface area contributed by atoms with Crippen LogP contribution in [0.3, 0.4) is 0 Å². The molecule has 100 valence electrons. The Morgan fingerprint density at radius 2 is 2.35 bits per heavy atom. The average molecular weight is 243 g/mol. The van der Waals surface area contributed by atoms with E-state index in [0.717, 1.165) is 19.6 Å². The summed E-state index contributed by atoms with van der Waals surface area (Å²) < 4.78 is 0. The van der Waals surface area contributed by atoms with Gasteiger partial charge in [-0.25, -0.2) is 0 Å². The van der Waals surface area contributed by atoms with Crippen LogP contribution in [-0.2, 0) is 4.79 Å². The molecule has 0 radical (unpaired) electrons. The van der Waals surface area contributed by atoms with Crippen LogP contribution >= 0.6 is 0 Å². The van der Waals surface area contributed by atoms with Crippen molar-refractivity contribution in [1.29, 1.82) is 0 Å². The standard InChI is InChI=1S/C12H25N3O2/c1-4-13-11(12(16)17)9-15(3)8-10-5-6-14(2)7-10/h10-11,13H,4-9H2,1-3H3,(H,16,17). The molecule has 2 atom stereocenters. The van der Waals surface area contributed by atoms with Gasteiger partial charge in [-0.05, 0) is 39.5 Å². The third kappa shape index (κ3) is 5.02. The Bertz CT molecular complexity index is 248. The predicted molar refractivity (Wildman–Crippen MR) is 68.2 cm³/mol. The van der Waals surface area contributed by atoms with Gasteiger partial charge >= 0.3 is 5.97 Å². The lowest BCUT2D eigenvalue weighted by Crippen LogP contribution is -2.46. The van der Waals surface area contributed by atoms with E-state index in [-0.39, 0.29) is 0 Å². The van der Waals surface area contributed by atoms with Gasteiger partial charge in [-0.15, -0.1) is 0 Å². The van der Waals surface area contributed by atoms with Gasteiger partial charge in [-0.1, -0.05) is 6.92 Å². The van der Waals surface area contributed by atoms with Gasteiger partial charge in [0.05, 0.1) is 0 Å². The molecular formula is C12H25N3O2. The number of nitrogens with zero attached hydrogens (tertiary/aromatic N) is 2. The molecule has 1 fully saturated rings. The number of hydrogen-bond acceptors (Lipinski definition) is 4. The van der Waals surface area contributed by atoms with Crippen molar-refractivity contribution in [3.05, 3.63) is 0 Å².